The SMILES string of the molecule is CC(C)(C)c1ccc(NC(=O)/C=C\c2ccc(C(=O)C(F)(F)F)cc2)cc1. The molecule has 0 aromatic heterocycles. The van der Waals surface area contributed by atoms with Crippen molar-refractivity contribution in [3.8, 4) is 0 Å². The van der Waals surface area contributed by atoms with Gasteiger partial charge in [-0.25, -0.2) is 0 Å². The molecule has 1 amide bonds. The van der Waals surface area contributed by atoms with Gasteiger partial charge in [0.1, 0.15) is 0 Å². The Hall–Kier alpha value is -2.89. The van der Waals surface area contributed by atoms with Crippen molar-refractivity contribution in [2.75, 3.05) is 5.32 Å². The fourth-order valence-electron chi connectivity index (χ4n) is 2.32. The highest BCUT2D eigenvalue weighted by molar-refractivity contribution is 6.02. The summed E-state index contributed by atoms with van der Waals surface area (Å²) >= 11 is 0. The first-order chi connectivity index (χ1) is 12.5. The van der Waals surface area contributed by atoms with E-state index in [0.29, 0.717) is 11.3 Å². The maximum atomic E-state index is 12.4. The van der Waals surface area contributed by atoms with Crippen molar-refractivity contribution in [2.24, 2.45) is 0 Å². The number of ketones is 1. The molecule has 0 fully saturated rings. The third kappa shape index (κ3) is 5.81. The van der Waals surface area contributed by atoms with Gasteiger partial charge in [-0.2, -0.15) is 13.2 Å². The Morgan fingerprint density at radius 1 is 0.889 bits per heavy atom. The first kappa shape index (κ1) is 20.4. The van der Waals surface area contributed by atoms with Crippen LogP contribution in [0.2, 0.25) is 0 Å². The number of halogens is 3. The van der Waals surface area contributed by atoms with Gasteiger partial charge in [-0.15, -0.1) is 0 Å². The summed E-state index contributed by atoms with van der Waals surface area (Å²) in [6.07, 6.45) is -2.17. The second kappa shape index (κ2) is 7.78. The van der Waals surface area contributed by atoms with Crippen LogP contribution in [-0.4, -0.2) is 17.9 Å². The molecule has 1 N–H and O–H groups in total. The van der Waals surface area contributed by atoms with Crippen molar-refractivity contribution >= 4 is 23.5 Å². The molecular weight excluding hydrogens is 355 g/mol. The predicted octanol–water partition coefficient (Wildman–Crippen LogP) is 5.38. The van der Waals surface area contributed by atoms with Crippen LogP contribution in [0.25, 0.3) is 6.08 Å². The minimum Gasteiger partial charge on any atom is -0.323 e. The van der Waals surface area contributed by atoms with Crippen LogP contribution < -0.4 is 5.32 Å². The Morgan fingerprint density at radius 2 is 1.44 bits per heavy atom. The van der Waals surface area contributed by atoms with E-state index in [2.05, 4.69) is 26.1 Å². The van der Waals surface area contributed by atoms with Crippen LogP contribution >= 0.6 is 0 Å². The average Bonchev–Trinajstić information content (AvgIpc) is 2.58. The number of amides is 1. The van der Waals surface area contributed by atoms with Crippen LogP contribution in [0, 0.1) is 0 Å². The van der Waals surface area contributed by atoms with Crippen LogP contribution in [0.4, 0.5) is 18.9 Å². The summed E-state index contributed by atoms with van der Waals surface area (Å²) in [5.74, 6) is -2.26. The molecule has 2 rings (SSSR count). The first-order valence-electron chi connectivity index (χ1n) is 8.28. The van der Waals surface area contributed by atoms with E-state index >= 15 is 0 Å². The fourth-order valence-corrected chi connectivity index (χ4v) is 2.32. The van der Waals surface area contributed by atoms with E-state index in [4.69, 9.17) is 0 Å². The summed E-state index contributed by atoms with van der Waals surface area (Å²) in [6, 6.07) is 12.4. The number of carbonyl (C=O) groups is 2. The molecule has 2 aromatic rings. The average molecular weight is 375 g/mol. The summed E-state index contributed by atoms with van der Waals surface area (Å²) in [5, 5.41) is 2.71. The summed E-state index contributed by atoms with van der Waals surface area (Å²) in [6.45, 7) is 6.28. The van der Waals surface area contributed by atoms with Gasteiger partial charge in [0.2, 0.25) is 5.91 Å². The van der Waals surface area contributed by atoms with E-state index in [1.54, 1.807) is 0 Å². The van der Waals surface area contributed by atoms with Gasteiger partial charge in [-0.05, 0) is 34.8 Å². The molecule has 0 bridgehead atoms. The van der Waals surface area contributed by atoms with Gasteiger partial charge in [0.25, 0.3) is 5.78 Å². The molecule has 0 aliphatic rings. The maximum absolute atomic E-state index is 12.4. The van der Waals surface area contributed by atoms with E-state index in [1.807, 2.05) is 24.3 Å². The maximum Gasteiger partial charge on any atom is 0.454 e. The van der Waals surface area contributed by atoms with Crippen molar-refractivity contribution in [1.82, 2.24) is 0 Å². The van der Waals surface area contributed by atoms with Gasteiger partial charge in [0.05, 0.1) is 0 Å². The van der Waals surface area contributed by atoms with Crippen molar-refractivity contribution in [3.63, 3.8) is 0 Å². The molecule has 0 aliphatic carbocycles. The molecule has 142 valence electrons. The molecule has 3 nitrogen and oxygen atoms in total. The van der Waals surface area contributed by atoms with Crippen molar-refractivity contribution in [2.45, 2.75) is 32.4 Å². The van der Waals surface area contributed by atoms with Crippen molar-refractivity contribution < 1.29 is 22.8 Å². The molecule has 0 saturated carbocycles. The highest BCUT2D eigenvalue weighted by Crippen LogP contribution is 2.24. The zero-order valence-corrected chi connectivity index (χ0v) is 15.2. The molecule has 0 heterocycles. The third-order valence-electron chi connectivity index (χ3n) is 3.88. The standard InChI is InChI=1S/C21H20F3NO2/c1-20(2,3)16-9-11-17(12-10-16)25-18(26)13-6-14-4-7-15(8-5-14)19(27)21(22,23)24/h4-13H,1-3H3,(H,25,26)/b13-6-. The quantitative estimate of drug-likeness (QED) is 0.576. The lowest BCUT2D eigenvalue weighted by Gasteiger charge is -2.19. The molecule has 0 aliphatic heterocycles. The van der Waals surface area contributed by atoms with Crippen LogP contribution in [0.3, 0.4) is 0 Å². The lowest BCUT2D eigenvalue weighted by Crippen LogP contribution is -2.22. The number of rotatable bonds is 4. The monoisotopic (exact) mass is 375 g/mol. The van der Waals surface area contributed by atoms with Crippen LogP contribution in [0.15, 0.2) is 54.6 Å². The summed E-state index contributed by atoms with van der Waals surface area (Å²) in [7, 11) is 0. The highest BCUT2D eigenvalue weighted by atomic mass is 19.4. The van der Waals surface area contributed by atoms with Crippen LogP contribution in [-0.2, 0) is 10.2 Å². The van der Waals surface area contributed by atoms with E-state index in [1.165, 1.54) is 24.3 Å². The van der Waals surface area contributed by atoms with Gasteiger partial charge >= 0.3 is 6.18 Å². The minimum atomic E-state index is -4.90. The van der Waals surface area contributed by atoms with E-state index in [9.17, 15) is 22.8 Å². The lowest BCUT2D eigenvalue weighted by atomic mass is 9.87. The molecule has 2 aromatic carbocycles. The molecule has 0 saturated heterocycles. The number of anilines is 1. The molecule has 27 heavy (non-hydrogen) atoms. The normalized spacial score (nSPS) is 12.2. The number of hydrogen-bond acceptors (Lipinski definition) is 2. The Morgan fingerprint density at radius 3 is 1.93 bits per heavy atom. The molecule has 6 heteroatoms. The zero-order chi connectivity index (χ0) is 20.2. The van der Waals surface area contributed by atoms with Gasteiger partial charge in [0, 0.05) is 17.3 Å². The largest absolute Gasteiger partial charge is 0.454 e. The Balaban J connectivity index is 1.99. The minimum absolute atomic E-state index is 0.0160. The number of hydrogen-bond donors (Lipinski definition) is 1. The molecule has 0 spiro atoms. The molecule has 0 unspecified atom stereocenters. The Labute approximate surface area is 155 Å². The second-order valence-electron chi connectivity index (χ2n) is 7.10. The van der Waals surface area contributed by atoms with Gasteiger partial charge in [-0.3, -0.25) is 9.59 Å². The van der Waals surface area contributed by atoms with Gasteiger partial charge in [0.15, 0.2) is 0 Å². The molecule has 0 atom stereocenters. The zero-order valence-electron chi connectivity index (χ0n) is 15.2. The number of carbonyl (C=O) groups excluding carboxylic acids is 2. The van der Waals surface area contributed by atoms with Gasteiger partial charge in [-0.1, -0.05) is 57.2 Å². The summed E-state index contributed by atoms with van der Waals surface area (Å²) in [4.78, 5) is 23.1. The van der Waals surface area contributed by atoms with E-state index < -0.39 is 17.5 Å². The summed E-state index contributed by atoms with van der Waals surface area (Å²) < 4.78 is 37.1. The third-order valence-corrected chi connectivity index (χ3v) is 3.88. The van der Waals surface area contributed by atoms with Crippen LogP contribution in [0.1, 0.15) is 42.3 Å². The fraction of sp³-hybridized carbons (Fsp3) is 0.238. The van der Waals surface area contributed by atoms with E-state index in [-0.39, 0.29) is 11.3 Å². The number of alkyl halides is 3. The predicted molar refractivity (Wildman–Crippen MR) is 99.6 cm³/mol. The smallest absolute Gasteiger partial charge is 0.323 e. The number of nitrogens with one attached hydrogen (secondary N) is 1. The van der Waals surface area contributed by atoms with Gasteiger partial charge < -0.3 is 5.32 Å². The Kier molecular flexibility index (Phi) is 5.88. The van der Waals surface area contributed by atoms with E-state index in [0.717, 1.165) is 17.7 Å². The van der Waals surface area contributed by atoms with Crippen molar-refractivity contribution in [1.29, 1.82) is 0 Å². The first-order valence-corrected chi connectivity index (χ1v) is 8.28. The summed E-state index contributed by atoms with van der Waals surface area (Å²) in [5.41, 5.74) is 1.87. The Bertz CT molecular complexity index is 843. The number of benzene rings is 2. The van der Waals surface area contributed by atoms with Crippen molar-refractivity contribution in [3.05, 3.63) is 71.3 Å². The molecular formula is C21H20F3NO2. The molecule has 0 radical (unpaired) electrons. The van der Waals surface area contributed by atoms with Crippen LogP contribution in [0.5, 0.6) is 0 Å². The second-order valence-corrected chi connectivity index (χ2v) is 7.10. The topological polar surface area (TPSA) is 46.2 Å². The number of Topliss-reactive ketones (excluding diaryl/α,β-unsaturated/α-hetero) is 1. The lowest BCUT2D eigenvalue weighted by molar-refractivity contribution is -0.111. The highest BCUT2D eigenvalue weighted by Gasteiger charge is 2.39.